The number of hydrogen-bond acceptors (Lipinski definition) is 4. The van der Waals surface area contributed by atoms with Crippen molar-refractivity contribution in [3.63, 3.8) is 0 Å². The lowest BCUT2D eigenvalue weighted by atomic mass is 10.2. The van der Waals surface area contributed by atoms with Crippen molar-refractivity contribution >= 4 is 11.8 Å². The van der Waals surface area contributed by atoms with E-state index in [1.165, 1.54) is 7.11 Å². The predicted molar refractivity (Wildman–Crippen MR) is 44.3 cm³/mol. The van der Waals surface area contributed by atoms with Gasteiger partial charge in [-0.3, -0.25) is 14.7 Å². The van der Waals surface area contributed by atoms with Crippen LogP contribution in [0.1, 0.15) is 22.6 Å². The van der Waals surface area contributed by atoms with Crippen LogP contribution in [0.5, 0.6) is 0 Å². The lowest BCUT2D eigenvalue weighted by Gasteiger charge is -1.94. The second-order valence-corrected chi connectivity index (χ2v) is 2.61. The Hall–Kier alpha value is -1.65. The summed E-state index contributed by atoms with van der Waals surface area (Å²) in [5, 5.41) is 6.34. The van der Waals surface area contributed by atoms with Gasteiger partial charge in [0.05, 0.1) is 7.11 Å². The molecule has 0 bridgehead atoms. The van der Waals surface area contributed by atoms with E-state index < -0.39 is 5.97 Å². The van der Waals surface area contributed by atoms with Gasteiger partial charge in [-0.25, -0.2) is 0 Å². The van der Waals surface area contributed by atoms with Gasteiger partial charge in [-0.2, -0.15) is 5.10 Å². The third kappa shape index (κ3) is 2.40. The largest absolute Gasteiger partial charge is 0.469 e. The van der Waals surface area contributed by atoms with Crippen molar-refractivity contribution in [2.75, 3.05) is 7.11 Å². The van der Waals surface area contributed by atoms with E-state index in [-0.39, 0.29) is 17.9 Å². The molecule has 0 atom stereocenters. The highest BCUT2D eigenvalue weighted by molar-refractivity contribution is 6.04. The molecule has 70 valence electrons. The molecule has 5 nitrogen and oxygen atoms in total. The molecule has 1 heterocycles. The van der Waals surface area contributed by atoms with Crippen molar-refractivity contribution in [2.45, 2.75) is 13.3 Å². The van der Waals surface area contributed by atoms with E-state index in [2.05, 4.69) is 14.9 Å². The lowest BCUT2D eigenvalue weighted by Crippen LogP contribution is -2.09. The second kappa shape index (κ2) is 3.84. The van der Waals surface area contributed by atoms with Gasteiger partial charge < -0.3 is 4.74 Å². The number of aromatic nitrogens is 2. The number of nitrogens with zero attached hydrogens (tertiary/aromatic N) is 1. The molecule has 0 unspecified atom stereocenters. The molecule has 0 aliphatic carbocycles. The fourth-order valence-electron chi connectivity index (χ4n) is 0.855. The Kier molecular flexibility index (Phi) is 2.79. The summed E-state index contributed by atoms with van der Waals surface area (Å²) in [6.45, 7) is 1.78. The van der Waals surface area contributed by atoms with Crippen LogP contribution in [0.15, 0.2) is 6.07 Å². The molecule has 0 saturated heterocycles. The number of aromatic amines is 1. The number of carbonyl (C=O) groups excluding carboxylic acids is 2. The third-order valence-electron chi connectivity index (χ3n) is 1.52. The number of ether oxygens (including phenoxy) is 1. The van der Waals surface area contributed by atoms with Crippen molar-refractivity contribution in [3.05, 3.63) is 17.5 Å². The molecule has 13 heavy (non-hydrogen) atoms. The Balaban J connectivity index is 2.64. The Morgan fingerprint density at radius 1 is 1.62 bits per heavy atom. The van der Waals surface area contributed by atoms with E-state index in [1.807, 2.05) is 0 Å². The van der Waals surface area contributed by atoms with Crippen LogP contribution >= 0.6 is 0 Å². The van der Waals surface area contributed by atoms with Crippen LogP contribution in [0, 0.1) is 6.92 Å². The predicted octanol–water partition coefficient (Wildman–Crippen LogP) is 0.464. The average molecular weight is 182 g/mol. The molecule has 0 spiro atoms. The maximum absolute atomic E-state index is 11.2. The van der Waals surface area contributed by atoms with Gasteiger partial charge in [0, 0.05) is 5.69 Å². The number of hydrogen-bond donors (Lipinski definition) is 1. The van der Waals surface area contributed by atoms with Gasteiger partial charge >= 0.3 is 5.97 Å². The summed E-state index contributed by atoms with van der Waals surface area (Å²) in [7, 11) is 1.24. The van der Waals surface area contributed by atoms with Crippen LogP contribution < -0.4 is 0 Å². The van der Waals surface area contributed by atoms with Crippen LogP contribution in [0.2, 0.25) is 0 Å². The summed E-state index contributed by atoms with van der Waals surface area (Å²) in [5.41, 5.74) is 1.05. The van der Waals surface area contributed by atoms with E-state index in [1.54, 1.807) is 13.0 Å². The van der Waals surface area contributed by atoms with Crippen LogP contribution in [-0.4, -0.2) is 29.1 Å². The topological polar surface area (TPSA) is 72.1 Å². The summed E-state index contributed by atoms with van der Waals surface area (Å²) in [4.78, 5) is 22.0. The van der Waals surface area contributed by atoms with E-state index in [4.69, 9.17) is 0 Å². The molecular weight excluding hydrogens is 172 g/mol. The average Bonchev–Trinajstić information content (AvgIpc) is 2.51. The molecule has 1 aromatic rings. The monoisotopic (exact) mass is 182 g/mol. The van der Waals surface area contributed by atoms with Gasteiger partial charge in [0.25, 0.3) is 0 Å². The summed E-state index contributed by atoms with van der Waals surface area (Å²) >= 11 is 0. The zero-order chi connectivity index (χ0) is 9.84. The van der Waals surface area contributed by atoms with Crippen molar-refractivity contribution in [3.8, 4) is 0 Å². The molecule has 0 amide bonds. The first-order valence-electron chi connectivity index (χ1n) is 3.75. The molecule has 5 heteroatoms. The first-order chi connectivity index (χ1) is 6.13. The molecule has 0 aliphatic rings. The fraction of sp³-hybridized carbons (Fsp3) is 0.375. The third-order valence-corrected chi connectivity index (χ3v) is 1.52. The maximum Gasteiger partial charge on any atom is 0.313 e. The number of ketones is 1. The van der Waals surface area contributed by atoms with Gasteiger partial charge in [-0.05, 0) is 13.0 Å². The van der Waals surface area contributed by atoms with Crippen LogP contribution in [0.3, 0.4) is 0 Å². The highest BCUT2D eigenvalue weighted by atomic mass is 16.5. The summed E-state index contributed by atoms with van der Waals surface area (Å²) in [6, 6.07) is 1.59. The van der Waals surface area contributed by atoms with Crippen molar-refractivity contribution < 1.29 is 14.3 Å². The van der Waals surface area contributed by atoms with Gasteiger partial charge in [-0.15, -0.1) is 0 Å². The molecular formula is C8H10N2O3. The molecule has 0 fully saturated rings. The van der Waals surface area contributed by atoms with Crippen molar-refractivity contribution in [2.24, 2.45) is 0 Å². The number of Topliss-reactive ketones (excluding diaryl/α,β-unsaturated/α-hetero) is 1. The zero-order valence-electron chi connectivity index (χ0n) is 7.46. The molecule has 0 radical (unpaired) electrons. The van der Waals surface area contributed by atoms with E-state index in [0.29, 0.717) is 0 Å². The van der Waals surface area contributed by atoms with E-state index >= 15 is 0 Å². The number of esters is 1. The number of rotatable bonds is 3. The SMILES string of the molecule is COC(=O)CC(=O)c1cc(C)[nH]n1. The molecule has 0 aromatic carbocycles. The van der Waals surface area contributed by atoms with Gasteiger partial charge in [-0.1, -0.05) is 0 Å². The fourth-order valence-corrected chi connectivity index (χ4v) is 0.855. The van der Waals surface area contributed by atoms with Crippen LogP contribution in [0.4, 0.5) is 0 Å². The quantitative estimate of drug-likeness (QED) is 0.419. The Morgan fingerprint density at radius 3 is 2.77 bits per heavy atom. The van der Waals surface area contributed by atoms with Gasteiger partial charge in [0.2, 0.25) is 0 Å². The number of aryl methyl sites for hydroxylation is 1. The summed E-state index contributed by atoms with van der Waals surface area (Å²) < 4.78 is 4.35. The number of H-pyrrole nitrogens is 1. The number of carbonyl (C=O) groups is 2. The smallest absolute Gasteiger partial charge is 0.313 e. The minimum absolute atomic E-state index is 0.263. The zero-order valence-corrected chi connectivity index (χ0v) is 7.46. The molecule has 1 N–H and O–H groups in total. The summed E-state index contributed by atoms with van der Waals surface area (Å²) in [5.74, 6) is -0.887. The lowest BCUT2D eigenvalue weighted by molar-refractivity contribution is -0.139. The molecule has 0 aliphatic heterocycles. The number of nitrogens with one attached hydrogen (secondary N) is 1. The minimum Gasteiger partial charge on any atom is -0.469 e. The minimum atomic E-state index is -0.550. The normalized spacial score (nSPS) is 9.69. The molecule has 1 aromatic heterocycles. The standard InChI is InChI=1S/C8H10N2O3/c1-5-3-6(10-9-5)7(11)4-8(12)13-2/h3H,4H2,1-2H3,(H,9,10). The first kappa shape index (κ1) is 9.44. The van der Waals surface area contributed by atoms with Crippen molar-refractivity contribution in [1.29, 1.82) is 0 Å². The Labute approximate surface area is 75.1 Å². The Morgan fingerprint density at radius 2 is 2.31 bits per heavy atom. The highest BCUT2D eigenvalue weighted by Gasteiger charge is 2.14. The molecule has 0 saturated carbocycles. The van der Waals surface area contributed by atoms with Crippen molar-refractivity contribution in [1.82, 2.24) is 10.2 Å². The van der Waals surface area contributed by atoms with Crippen LogP contribution in [0.25, 0.3) is 0 Å². The maximum atomic E-state index is 11.2. The van der Waals surface area contributed by atoms with Crippen LogP contribution in [-0.2, 0) is 9.53 Å². The van der Waals surface area contributed by atoms with E-state index in [9.17, 15) is 9.59 Å². The Bertz CT molecular complexity index is 330. The highest BCUT2D eigenvalue weighted by Crippen LogP contribution is 2.02. The van der Waals surface area contributed by atoms with E-state index in [0.717, 1.165) is 5.69 Å². The second-order valence-electron chi connectivity index (χ2n) is 2.61. The number of methoxy groups -OCH3 is 1. The molecule has 1 rings (SSSR count). The first-order valence-corrected chi connectivity index (χ1v) is 3.75. The summed E-state index contributed by atoms with van der Waals surface area (Å²) in [6.07, 6.45) is -0.263. The van der Waals surface area contributed by atoms with Gasteiger partial charge in [0.1, 0.15) is 12.1 Å². The van der Waals surface area contributed by atoms with Gasteiger partial charge in [0.15, 0.2) is 5.78 Å².